The van der Waals surface area contributed by atoms with Gasteiger partial charge in [-0.2, -0.15) is 0 Å². The van der Waals surface area contributed by atoms with Crippen LogP contribution in [0.2, 0.25) is 0 Å². The molecule has 29 heavy (non-hydrogen) atoms. The second-order valence-electron chi connectivity index (χ2n) is 8.33. The lowest BCUT2D eigenvalue weighted by Gasteiger charge is -2.15. The molecule has 0 spiro atoms. The van der Waals surface area contributed by atoms with Crippen LogP contribution in [-0.2, 0) is 0 Å². The quantitative estimate of drug-likeness (QED) is 0.299. The van der Waals surface area contributed by atoms with Crippen LogP contribution < -0.4 is 9.47 Å². The van der Waals surface area contributed by atoms with Crippen molar-refractivity contribution in [1.82, 2.24) is 0 Å². The van der Waals surface area contributed by atoms with Crippen molar-refractivity contribution >= 4 is 0 Å². The molecule has 2 heteroatoms. The lowest BCUT2D eigenvalue weighted by Crippen LogP contribution is -2.11. The van der Waals surface area contributed by atoms with Crippen molar-refractivity contribution < 1.29 is 9.47 Å². The highest BCUT2D eigenvalue weighted by atomic mass is 16.5. The molecule has 0 N–H and O–H groups in total. The topological polar surface area (TPSA) is 18.5 Å². The first-order chi connectivity index (χ1) is 14.1. The first-order valence-corrected chi connectivity index (χ1v) is 11.6. The number of hydrogen-bond acceptors (Lipinski definition) is 2. The molecule has 160 valence electrons. The third-order valence-corrected chi connectivity index (χ3v) is 5.65. The van der Waals surface area contributed by atoms with Gasteiger partial charge in [0.05, 0.1) is 12.7 Å². The van der Waals surface area contributed by atoms with Gasteiger partial charge in [-0.25, -0.2) is 0 Å². The summed E-state index contributed by atoms with van der Waals surface area (Å²) in [5.74, 6) is 2.70. The molecule has 2 atom stereocenters. The Morgan fingerprint density at radius 3 is 1.90 bits per heavy atom. The fraction of sp³-hybridized carbons (Fsp3) is 0.556. The summed E-state index contributed by atoms with van der Waals surface area (Å²) in [5.41, 5.74) is 2.41. The van der Waals surface area contributed by atoms with Gasteiger partial charge in [0.25, 0.3) is 0 Å². The second-order valence-corrected chi connectivity index (χ2v) is 8.33. The monoisotopic (exact) mass is 396 g/mol. The van der Waals surface area contributed by atoms with Gasteiger partial charge >= 0.3 is 0 Å². The molecule has 0 aliphatic rings. The number of hydrogen-bond donors (Lipinski definition) is 0. The molecule has 0 fully saturated rings. The van der Waals surface area contributed by atoms with Gasteiger partial charge in [0.1, 0.15) is 11.5 Å². The summed E-state index contributed by atoms with van der Waals surface area (Å²) >= 11 is 0. The van der Waals surface area contributed by atoms with Crippen LogP contribution in [0.4, 0.5) is 0 Å². The number of ether oxygens (including phenoxy) is 2. The van der Waals surface area contributed by atoms with E-state index in [1.807, 2.05) is 0 Å². The van der Waals surface area contributed by atoms with E-state index in [0.717, 1.165) is 36.9 Å². The van der Waals surface area contributed by atoms with Gasteiger partial charge in [-0.3, -0.25) is 0 Å². The first kappa shape index (κ1) is 23.3. The van der Waals surface area contributed by atoms with E-state index in [2.05, 4.69) is 76.2 Å². The van der Waals surface area contributed by atoms with E-state index < -0.39 is 0 Å². The van der Waals surface area contributed by atoms with E-state index in [9.17, 15) is 0 Å². The van der Waals surface area contributed by atoms with Crippen molar-refractivity contribution in [2.45, 2.75) is 85.2 Å². The van der Waals surface area contributed by atoms with Crippen molar-refractivity contribution in [3.05, 3.63) is 48.5 Å². The van der Waals surface area contributed by atoms with Gasteiger partial charge in [-0.1, -0.05) is 70.7 Å². The van der Waals surface area contributed by atoms with Crippen LogP contribution in [0.3, 0.4) is 0 Å². The standard InChI is InChI=1S/C27H40O2/c1-5-7-8-9-12-23(4)29-27-19-15-25(16-20-27)24-13-17-26(18-14-24)28-21-10-11-22(3)6-2/h13-20,22-23H,5-12,21H2,1-4H3/t22?,23-/m1/s1. The fourth-order valence-electron chi connectivity index (χ4n) is 3.45. The summed E-state index contributed by atoms with van der Waals surface area (Å²) < 4.78 is 11.9. The lowest BCUT2D eigenvalue weighted by atomic mass is 10.0. The molecular formula is C27H40O2. The molecule has 2 aromatic carbocycles. The molecule has 0 aliphatic heterocycles. The lowest BCUT2D eigenvalue weighted by molar-refractivity contribution is 0.206. The van der Waals surface area contributed by atoms with Crippen LogP contribution >= 0.6 is 0 Å². The smallest absolute Gasteiger partial charge is 0.119 e. The molecule has 2 rings (SSSR count). The highest BCUT2D eigenvalue weighted by Gasteiger charge is 2.05. The summed E-state index contributed by atoms with van der Waals surface area (Å²) in [5, 5.41) is 0. The van der Waals surface area contributed by atoms with Crippen molar-refractivity contribution in [3.63, 3.8) is 0 Å². The third kappa shape index (κ3) is 8.94. The minimum Gasteiger partial charge on any atom is -0.494 e. The Labute approximate surface area is 178 Å². The predicted octanol–water partition coefficient (Wildman–Crippen LogP) is 8.30. The van der Waals surface area contributed by atoms with E-state index in [4.69, 9.17) is 9.47 Å². The maximum absolute atomic E-state index is 6.06. The largest absolute Gasteiger partial charge is 0.494 e. The Morgan fingerprint density at radius 1 is 0.690 bits per heavy atom. The summed E-state index contributed by atoms with van der Waals surface area (Å²) in [6.45, 7) is 9.77. The molecule has 0 amide bonds. The number of rotatable bonds is 14. The van der Waals surface area contributed by atoms with Crippen molar-refractivity contribution in [1.29, 1.82) is 0 Å². The molecule has 0 saturated carbocycles. The van der Waals surface area contributed by atoms with Gasteiger partial charge < -0.3 is 9.47 Å². The molecule has 0 saturated heterocycles. The zero-order valence-electron chi connectivity index (χ0n) is 19.0. The average Bonchev–Trinajstić information content (AvgIpc) is 2.75. The second kappa shape index (κ2) is 13.3. The van der Waals surface area contributed by atoms with Crippen LogP contribution in [0, 0.1) is 5.92 Å². The zero-order valence-corrected chi connectivity index (χ0v) is 19.0. The van der Waals surface area contributed by atoms with Gasteiger partial charge in [0.15, 0.2) is 0 Å². The average molecular weight is 397 g/mol. The maximum Gasteiger partial charge on any atom is 0.119 e. The Hall–Kier alpha value is -1.96. The minimum absolute atomic E-state index is 0.273. The normalized spacial score (nSPS) is 13.1. The number of benzene rings is 2. The number of unbranched alkanes of at least 4 members (excludes halogenated alkanes) is 3. The molecule has 0 aliphatic carbocycles. The summed E-state index contributed by atoms with van der Waals surface area (Å²) in [6.07, 6.45) is 10.2. The Morgan fingerprint density at radius 2 is 1.31 bits per heavy atom. The Bertz CT molecular complexity index is 660. The minimum atomic E-state index is 0.273. The third-order valence-electron chi connectivity index (χ3n) is 5.65. The van der Waals surface area contributed by atoms with Crippen LogP contribution in [0.1, 0.15) is 79.1 Å². The zero-order chi connectivity index (χ0) is 20.9. The Balaban J connectivity index is 1.78. The van der Waals surface area contributed by atoms with Gasteiger partial charge in [0, 0.05) is 0 Å². The van der Waals surface area contributed by atoms with E-state index in [0.29, 0.717) is 0 Å². The first-order valence-electron chi connectivity index (χ1n) is 11.6. The predicted molar refractivity (Wildman–Crippen MR) is 125 cm³/mol. The van der Waals surface area contributed by atoms with Gasteiger partial charge in [-0.05, 0) is 73.9 Å². The molecule has 0 heterocycles. The summed E-state index contributed by atoms with van der Waals surface area (Å²) in [6, 6.07) is 16.9. The van der Waals surface area contributed by atoms with Gasteiger partial charge in [-0.15, -0.1) is 0 Å². The highest BCUT2D eigenvalue weighted by molar-refractivity contribution is 5.64. The van der Waals surface area contributed by atoms with Crippen molar-refractivity contribution in [3.8, 4) is 22.6 Å². The van der Waals surface area contributed by atoms with E-state index >= 15 is 0 Å². The van der Waals surface area contributed by atoms with Crippen molar-refractivity contribution in [2.24, 2.45) is 5.92 Å². The van der Waals surface area contributed by atoms with Gasteiger partial charge in [0.2, 0.25) is 0 Å². The summed E-state index contributed by atoms with van der Waals surface area (Å²) in [7, 11) is 0. The molecule has 2 aromatic rings. The fourth-order valence-corrected chi connectivity index (χ4v) is 3.45. The highest BCUT2D eigenvalue weighted by Crippen LogP contribution is 2.25. The molecule has 0 aromatic heterocycles. The van der Waals surface area contributed by atoms with E-state index in [1.165, 1.54) is 49.7 Å². The molecular weight excluding hydrogens is 356 g/mol. The molecule has 0 radical (unpaired) electrons. The maximum atomic E-state index is 6.06. The SMILES string of the molecule is CCCCCC[C@@H](C)Oc1ccc(-c2ccc(OCCCC(C)CC)cc2)cc1. The Kier molecular flexibility index (Phi) is 10.7. The molecule has 1 unspecified atom stereocenters. The molecule has 0 bridgehead atoms. The molecule has 2 nitrogen and oxygen atoms in total. The summed E-state index contributed by atoms with van der Waals surface area (Å²) in [4.78, 5) is 0. The van der Waals surface area contributed by atoms with E-state index in [1.54, 1.807) is 0 Å². The van der Waals surface area contributed by atoms with Crippen LogP contribution in [-0.4, -0.2) is 12.7 Å². The van der Waals surface area contributed by atoms with Crippen LogP contribution in [0.25, 0.3) is 11.1 Å². The van der Waals surface area contributed by atoms with Crippen molar-refractivity contribution in [2.75, 3.05) is 6.61 Å². The van der Waals surface area contributed by atoms with Crippen LogP contribution in [0.5, 0.6) is 11.5 Å². The van der Waals surface area contributed by atoms with Crippen LogP contribution in [0.15, 0.2) is 48.5 Å². The van der Waals surface area contributed by atoms with E-state index in [-0.39, 0.29) is 6.10 Å².